The summed E-state index contributed by atoms with van der Waals surface area (Å²) in [5.74, 6) is 0.962. The van der Waals surface area contributed by atoms with Gasteiger partial charge < -0.3 is 10.2 Å². The molecule has 2 heteroatoms. The first-order chi connectivity index (χ1) is 10.3. The predicted octanol–water partition coefficient (Wildman–Crippen LogP) is 4.26. The van der Waals surface area contributed by atoms with Gasteiger partial charge in [-0.05, 0) is 62.3 Å². The van der Waals surface area contributed by atoms with Crippen molar-refractivity contribution in [3.05, 3.63) is 29.3 Å². The van der Waals surface area contributed by atoms with Gasteiger partial charge in [-0.1, -0.05) is 31.9 Å². The number of benzene rings is 1. The van der Waals surface area contributed by atoms with Crippen molar-refractivity contribution < 1.29 is 0 Å². The van der Waals surface area contributed by atoms with E-state index in [4.69, 9.17) is 0 Å². The molecule has 2 unspecified atom stereocenters. The highest BCUT2D eigenvalue weighted by Gasteiger charge is 2.36. The van der Waals surface area contributed by atoms with Crippen LogP contribution in [0, 0.1) is 12.8 Å². The van der Waals surface area contributed by atoms with Gasteiger partial charge in [-0.3, -0.25) is 0 Å². The van der Waals surface area contributed by atoms with Gasteiger partial charge in [0, 0.05) is 24.8 Å². The fourth-order valence-electron chi connectivity index (χ4n) is 4.26. The standard InChI is InChI=1S/C19H30N2/c1-3-11-20-14-16-8-9-18(15(2)13-16)21-12-10-17-6-4-5-7-19(17)21/h8-9,13,17,19-20H,3-7,10-12,14H2,1-2H3. The lowest BCUT2D eigenvalue weighted by Crippen LogP contribution is -2.35. The number of hydrogen-bond acceptors (Lipinski definition) is 2. The second kappa shape index (κ2) is 6.83. The number of aryl methyl sites for hydroxylation is 1. The van der Waals surface area contributed by atoms with Gasteiger partial charge in [0.15, 0.2) is 0 Å². The molecule has 1 aliphatic carbocycles. The first kappa shape index (κ1) is 14.9. The molecule has 2 fully saturated rings. The predicted molar refractivity (Wildman–Crippen MR) is 90.9 cm³/mol. The molecule has 2 nitrogen and oxygen atoms in total. The summed E-state index contributed by atoms with van der Waals surface area (Å²) in [6.07, 6.45) is 8.35. The minimum absolute atomic E-state index is 0.821. The van der Waals surface area contributed by atoms with Gasteiger partial charge in [-0.2, -0.15) is 0 Å². The van der Waals surface area contributed by atoms with Crippen molar-refractivity contribution in [1.82, 2.24) is 5.32 Å². The van der Waals surface area contributed by atoms with Crippen molar-refractivity contribution in [2.75, 3.05) is 18.0 Å². The minimum atomic E-state index is 0.821. The molecule has 3 rings (SSSR count). The number of hydrogen-bond donors (Lipinski definition) is 1. The van der Waals surface area contributed by atoms with Crippen LogP contribution in [0.2, 0.25) is 0 Å². The van der Waals surface area contributed by atoms with Gasteiger partial charge in [0.05, 0.1) is 0 Å². The highest BCUT2D eigenvalue weighted by Crippen LogP contribution is 2.39. The van der Waals surface area contributed by atoms with E-state index < -0.39 is 0 Å². The largest absolute Gasteiger partial charge is 0.368 e. The Labute approximate surface area is 129 Å². The van der Waals surface area contributed by atoms with Crippen LogP contribution in [0.4, 0.5) is 5.69 Å². The molecule has 1 aromatic carbocycles. The average molecular weight is 286 g/mol. The molecule has 1 aromatic rings. The lowest BCUT2D eigenvalue weighted by atomic mass is 9.85. The van der Waals surface area contributed by atoms with Crippen LogP contribution in [0.3, 0.4) is 0 Å². The first-order valence-electron chi connectivity index (χ1n) is 8.86. The molecule has 0 spiro atoms. The summed E-state index contributed by atoms with van der Waals surface area (Å²) in [4.78, 5) is 2.71. The number of nitrogens with one attached hydrogen (secondary N) is 1. The molecule has 1 heterocycles. The Morgan fingerprint density at radius 2 is 2.05 bits per heavy atom. The molecular weight excluding hydrogens is 256 g/mol. The van der Waals surface area contributed by atoms with E-state index in [1.165, 1.54) is 61.9 Å². The summed E-state index contributed by atoms with van der Waals surface area (Å²) in [6, 6.07) is 7.89. The van der Waals surface area contributed by atoms with Crippen LogP contribution in [0.25, 0.3) is 0 Å². The summed E-state index contributed by atoms with van der Waals surface area (Å²) in [7, 11) is 0. The molecule has 116 valence electrons. The van der Waals surface area contributed by atoms with E-state index >= 15 is 0 Å². The highest BCUT2D eigenvalue weighted by molar-refractivity contribution is 5.56. The number of fused-ring (bicyclic) bond motifs is 1. The Hall–Kier alpha value is -1.02. The maximum atomic E-state index is 3.50. The summed E-state index contributed by atoms with van der Waals surface area (Å²) in [5, 5.41) is 3.50. The van der Waals surface area contributed by atoms with Gasteiger partial charge in [0.2, 0.25) is 0 Å². The molecule has 1 aliphatic heterocycles. The summed E-state index contributed by atoms with van der Waals surface area (Å²) < 4.78 is 0. The van der Waals surface area contributed by atoms with Crippen molar-refractivity contribution in [3.63, 3.8) is 0 Å². The smallest absolute Gasteiger partial charge is 0.0398 e. The molecule has 2 aliphatic rings. The Morgan fingerprint density at radius 1 is 1.19 bits per heavy atom. The zero-order valence-corrected chi connectivity index (χ0v) is 13.7. The van der Waals surface area contributed by atoms with Gasteiger partial charge in [-0.15, -0.1) is 0 Å². The van der Waals surface area contributed by atoms with Crippen LogP contribution < -0.4 is 10.2 Å². The molecule has 2 atom stereocenters. The molecule has 0 amide bonds. The quantitative estimate of drug-likeness (QED) is 0.813. The maximum Gasteiger partial charge on any atom is 0.0398 e. The van der Waals surface area contributed by atoms with Crippen molar-refractivity contribution >= 4 is 5.69 Å². The second-order valence-corrected chi connectivity index (χ2v) is 6.89. The zero-order valence-electron chi connectivity index (χ0n) is 13.7. The number of rotatable bonds is 5. The Kier molecular flexibility index (Phi) is 4.84. The third kappa shape index (κ3) is 3.26. The topological polar surface area (TPSA) is 15.3 Å². The molecule has 21 heavy (non-hydrogen) atoms. The lowest BCUT2D eigenvalue weighted by Gasteiger charge is -2.34. The minimum Gasteiger partial charge on any atom is -0.368 e. The van der Waals surface area contributed by atoms with E-state index in [2.05, 4.69) is 42.3 Å². The summed E-state index contributed by atoms with van der Waals surface area (Å²) >= 11 is 0. The monoisotopic (exact) mass is 286 g/mol. The third-order valence-electron chi connectivity index (χ3n) is 5.34. The van der Waals surface area contributed by atoms with Crippen molar-refractivity contribution in [2.24, 2.45) is 5.92 Å². The zero-order chi connectivity index (χ0) is 14.7. The Balaban J connectivity index is 1.70. The molecule has 1 saturated carbocycles. The Morgan fingerprint density at radius 3 is 2.86 bits per heavy atom. The van der Waals surface area contributed by atoms with Crippen LogP contribution in [0.1, 0.15) is 56.6 Å². The first-order valence-corrected chi connectivity index (χ1v) is 8.86. The number of nitrogens with zero attached hydrogens (tertiary/aromatic N) is 1. The fraction of sp³-hybridized carbons (Fsp3) is 0.684. The Bertz CT molecular complexity index is 469. The lowest BCUT2D eigenvalue weighted by molar-refractivity contribution is 0.342. The molecule has 1 N–H and O–H groups in total. The van der Waals surface area contributed by atoms with Gasteiger partial charge in [0.25, 0.3) is 0 Å². The van der Waals surface area contributed by atoms with E-state index in [9.17, 15) is 0 Å². The van der Waals surface area contributed by atoms with E-state index in [0.717, 1.165) is 25.0 Å². The SMILES string of the molecule is CCCNCc1ccc(N2CCC3CCCCC32)c(C)c1. The fourth-order valence-corrected chi connectivity index (χ4v) is 4.26. The van der Waals surface area contributed by atoms with E-state index in [-0.39, 0.29) is 0 Å². The van der Waals surface area contributed by atoms with Crippen molar-refractivity contribution in [2.45, 2.75) is 65.0 Å². The molecule has 0 aromatic heterocycles. The van der Waals surface area contributed by atoms with E-state index in [1.54, 1.807) is 0 Å². The van der Waals surface area contributed by atoms with Crippen molar-refractivity contribution in [1.29, 1.82) is 0 Å². The van der Waals surface area contributed by atoms with Crippen molar-refractivity contribution in [3.8, 4) is 0 Å². The highest BCUT2D eigenvalue weighted by atomic mass is 15.2. The van der Waals surface area contributed by atoms with E-state index in [1.807, 2.05) is 0 Å². The van der Waals surface area contributed by atoms with Crippen LogP contribution in [-0.2, 0) is 6.54 Å². The normalized spacial score (nSPS) is 25.1. The van der Waals surface area contributed by atoms with Crippen LogP contribution >= 0.6 is 0 Å². The van der Waals surface area contributed by atoms with E-state index in [0.29, 0.717) is 0 Å². The average Bonchev–Trinajstić information content (AvgIpc) is 2.92. The van der Waals surface area contributed by atoms with Crippen LogP contribution in [0.15, 0.2) is 18.2 Å². The van der Waals surface area contributed by atoms with Crippen LogP contribution in [0.5, 0.6) is 0 Å². The second-order valence-electron chi connectivity index (χ2n) is 6.89. The van der Waals surface area contributed by atoms with Gasteiger partial charge in [-0.25, -0.2) is 0 Å². The van der Waals surface area contributed by atoms with Gasteiger partial charge >= 0.3 is 0 Å². The maximum absolute atomic E-state index is 3.50. The van der Waals surface area contributed by atoms with Gasteiger partial charge in [0.1, 0.15) is 0 Å². The molecule has 0 radical (unpaired) electrons. The number of anilines is 1. The summed E-state index contributed by atoms with van der Waals surface area (Å²) in [6.45, 7) is 7.88. The molecule has 1 saturated heterocycles. The molecule has 0 bridgehead atoms. The summed E-state index contributed by atoms with van der Waals surface area (Å²) in [5.41, 5.74) is 4.37. The van der Waals surface area contributed by atoms with Crippen LogP contribution in [-0.4, -0.2) is 19.1 Å². The third-order valence-corrected chi connectivity index (χ3v) is 5.34. The molecular formula is C19H30N2.